The number of rotatable bonds is 5. The van der Waals surface area contributed by atoms with Crippen molar-refractivity contribution in [3.8, 4) is 6.07 Å². The predicted molar refractivity (Wildman–Crippen MR) is 101 cm³/mol. The number of anilines is 2. The van der Waals surface area contributed by atoms with Gasteiger partial charge in [0, 0.05) is 18.4 Å². The number of benzene rings is 2. The first kappa shape index (κ1) is 17.2. The predicted octanol–water partition coefficient (Wildman–Crippen LogP) is 3.94. The zero-order valence-corrected chi connectivity index (χ0v) is 14.4. The third-order valence-corrected chi connectivity index (χ3v) is 4.02. The highest BCUT2D eigenvalue weighted by molar-refractivity contribution is 5.93. The fourth-order valence-electron chi connectivity index (χ4n) is 2.55. The Balaban J connectivity index is 1.71. The summed E-state index contributed by atoms with van der Waals surface area (Å²) in [6.07, 6.45) is 1.57. The van der Waals surface area contributed by atoms with Gasteiger partial charge in [-0.2, -0.15) is 5.26 Å². The van der Waals surface area contributed by atoms with Crippen molar-refractivity contribution in [3.63, 3.8) is 0 Å². The molecule has 1 amide bonds. The molecule has 0 aliphatic rings. The van der Waals surface area contributed by atoms with Crippen LogP contribution in [0.3, 0.4) is 0 Å². The Morgan fingerprint density at radius 3 is 2.69 bits per heavy atom. The van der Waals surface area contributed by atoms with Crippen LogP contribution in [0.4, 0.5) is 11.4 Å². The van der Waals surface area contributed by atoms with Crippen molar-refractivity contribution in [2.75, 3.05) is 5.32 Å². The first-order chi connectivity index (χ1) is 12.7. The molecule has 0 radical (unpaired) electrons. The summed E-state index contributed by atoms with van der Waals surface area (Å²) in [6.45, 7) is 2.46. The molecule has 1 heterocycles. The number of pyridine rings is 1. The first-order valence-corrected chi connectivity index (χ1v) is 8.22. The molecule has 3 aromatic rings. The summed E-state index contributed by atoms with van der Waals surface area (Å²) in [7, 11) is 0. The highest BCUT2D eigenvalue weighted by Crippen LogP contribution is 2.20. The third-order valence-electron chi connectivity index (χ3n) is 4.02. The standard InChI is InChI=1S/C21H18N4O/c1-15-6-2-3-8-17(15)14-24-21(26)20-12-18(10-11-23-20)25-19-9-5-4-7-16(19)13-22/h2-12H,14H2,1H3,(H,23,25)(H,24,26). The molecule has 0 fully saturated rings. The van der Waals surface area contributed by atoms with Crippen molar-refractivity contribution >= 4 is 17.3 Å². The van der Waals surface area contributed by atoms with Crippen LogP contribution in [0.15, 0.2) is 66.9 Å². The molecule has 2 aromatic carbocycles. The lowest BCUT2D eigenvalue weighted by atomic mass is 10.1. The molecule has 1 aromatic heterocycles. The smallest absolute Gasteiger partial charge is 0.270 e. The molecule has 5 heteroatoms. The van der Waals surface area contributed by atoms with Gasteiger partial charge in [-0.1, -0.05) is 36.4 Å². The van der Waals surface area contributed by atoms with E-state index in [1.54, 1.807) is 30.5 Å². The SMILES string of the molecule is Cc1ccccc1CNC(=O)c1cc(Nc2ccccc2C#N)ccn1. The topological polar surface area (TPSA) is 77.8 Å². The highest BCUT2D eigenvalue weighted by Gasteiger charge is 2.09. The Labute approximate surface area is 152 Å². The van der Waals surface area contributed by atoms with Crippen molar-refractivity contribution in [1.82, 2.24) is 10.3 Å². The molecule has 0 aliphatic carbocycles. The number of para-hydroxylation sites is 1. The molecule has 0 bridgehead atoms. The summed E-state index contributed by atoms with van der Waals surface area (Å²) in [5.41, 5.74) is 4.44. The van der Waals surface area contributed by atoms with Gasteiger partial charge >= 0.3 is 0 Å². The van der Waals surface area contributed by atoms with Crippen LogP contribution in [0.2, 0.25) is 0 Å². The maximum absolute atomic E-state index is 12.4. The minimum atomic E-state index is -0.245. The number of aryl methyl sites for hydroxylation is 1. The van der Waals surface area contributed by atoms with Gasteiger partial charge in [-0.3, -0.25) is 9.78 Å². The zero-order valence-electron chi connectivity index (χ0n) is 14.4. The summed E-state index contributed by atoms with van der Waals surface area (Å²) < 4.78 is 0. The number of hydrogen-bond donors (Lipinski definition) is 2. The van der Waals surface area contributed by atoms with E-state index in [0.717, 1.165) is 11.1 Å². The van der Waals surface area contributed by atoms with Crippen molar-refractivity contribution in [2.24, 2.45) is 0 Å². The Hall–Kier alpha value is -3.65. The van der Waals surface area contributed by atoms with Gasteiger partial charge in [-0.05, 0) is 42.3 Å². The van der Waals surface area contributed by atoms with Crippen LogP contribution in [-0.4, -0.2) is 10.9 Å². The van der Waals surface area contributed by atoms with Gasteiger partial charge in [0.25, 0.3) is 5.91 Å². The molecule has 0 atom stereocenters. The minimum absolute atomic E-state index is 0.245. The van der Waals surface area contributed by atoms with E-state index in [-0.39, 0.29) is 5.91 Å². The number of amides is 1. The van der Waals surface area contributed by atoms with Gasteiger partial charge in [0.2, 0.25) is 0 Å². The summed E-state index contributed by atoms with van der Waals surface area (Å²) in [5.74, 6) is -0.245. The monoisotopic (exact) mass is 342 g/mol. The Bertz CT molecular complexity index is 975. The number of carbonyl (C=O) groups is 1. The van der Waals surface area contributed by atoms with Gasteiger partial charge in [0.15, 0.2) is 0 Å². The molecular formula is C21H18N4O. The molecular weight excluding hydrogens is 324 g/mol. The molecule has 0 saturated heterocycles. The second-order valence-corrected chi connectivity index (χ2v) is 5.82. The fourth-order valence-corrected chi connectivity index (χ4v) is 2.55. The molecule has 5 nitrogen and oxygen atoms in total. The van der Waals surface area contributed by atoms with E-state index in [2.05, 4.69) is 21.7 Å². The lowest BCUT2D eigenvalue weighted by Crippen LogP contribution is -2.24. The average molecular weight is 342 g/mol. The molecule has 0 unspecified atom stereocenters. The van der Waals surface area contributed by atoms with E-state index in [1.165, 1.54) is 0 Å². The highest BCUT2D eigenvalue weighted by atomic mass is 16.1. The van der Waals surface area contributed by atoms with Gasteiger partial charge in [0.1, 0.15) is 11.8 Å². The van der Waals surface area contributed by atoms with Crippen LogP contribution in [0, 0.1) is 18.3 Å². The average Bonchev–Trinajstić information content (AvgIpc) is 2.68. The van der Waals surface area contributed by atoms with Gasteiger partial charge in [-0.25, -0.2) is 0 Å². The maximum Gasteiger partial charge on any atom is 0.270 e. The van der Waals surface area contributed by atoms with Gasteiger partial charge in [-0.15, -0.1) is 0 Å². The van der Waals surface area contributed by atoms with E-state index >= 15 is 0 Å². The minimum Gasteiger partial charge on any atom is -0.354 e. The number of nitrogens with zero attached hydrogens (tertiary/aromatic N) is 2. The molecule has 0 aliphatic heterocycles. The van der Waals surface area contributed by atoms with Crippen molar-refractivity contribution in [2.45, 2.75) is 13.5 Å². The largest absolute Gasteiger partial charge is 0.354 e. The van der Waals surface area contributed by atoms with Crippen LogP contribution in [-0.2, 0) is 6.54 Å². The summed E-state index contributed by atoms with van der Waals surface area (Å²) in [6, 6.07) is 20.7. The van der Waals surface area contributed by atoms with E-state index < -0.39 is 0 Å². The Morgan fingerprint density at radius 1 is 1.12 bits per heavy atom. The number of carbonyl (C=O) groups excluding carboxylic acids is 1. The van der Waals surface area contributed by atoms with Crippen LogP contribution < -0.4 is 10.6 Å². The maximum atomic E-state index is 12.4. The van der Waals surface area contributed by atoms with Crippen LogP contribution in [0.5, 0.6) is 0 Å². The van der Waals surface area contributed by atoms with E-state index in [9.17, 15) is 10.1 Å². The van der Waals surface area contributed by atoms with Gasteiger partial charge < -0.3 is 10.6 Å². The van der Waals surface area contributed by atoms with Crippen molar-refractivity contribution in [3.05, 3.63) is 89.2 Å². The van der Waals surface area contributed by atoms with Gasteiger partial charge in [0.05, 0.1) is 11.3 Å². The lowest BCUT2D eigenvalue weighted by Gasteiger charge is -2.10. The molecule has 128 valence electrons. The molecule has 2 N–H and O–H groups in total. The lowest BCUT2D eigenvalue weighted by molar-refractivity contribution is 0.0946. The van der Waals surface area contributed by atoms with Crippen molar-refractivity contribution < 1.29 is 4.79 Å². The van der Waals surface area contributed by atoms with Crippen LogP contribution in [0.25, 0.3) is 0 Å². The fraction of sp³-hybridized carbons (Fsp3) is 0.0952. The second kappa shape index (κ2) is 7.95. The van der Waals surface area contributed by atoms with Crippen molar-refractivity contribution in [1.29, 1.82) is 5.26 Å². The Kier molecular flexibility index (Phi) is 5.25. The number of nitriles is 1. The zero-order chi connectivity index (χ0) is 18.4. The molecule has 26 heavy (non-hydrogen) atoms. The van der Waals surface area contributed by atoms with E-state index in [4.69, 9.17) is 0 Å². The molecule has 0 spiro atoms. The number of hydrogen-bond acceptors (Lipinski definition) is 4. The van der Waals surface area contributed by atoms with E-state index in [1.807, 2.05) is 43.3 Å². The first-order valence-electron chi connectivity index (χ1n) is 8.22. The summed E-state index contributed by atoms with van der Waals surface area (Å²) >= 11 is 0. The Morgan fingerprint density at radius 2 is 1.88 bits per heavy atom. The second-order valence-electron chi connectivity index (χ2n) is 5.82. The van der Waals surface area contributed by atoms with Crippen LogP contribution >= 0.6 is 0 Å². The molecule has 3 rings (SSSR count). The summed E-state index contributed by atoms with van der Waals surface area (Å²) in [4.78, 5) is 16.5. The normalized spacial score (nSPS) is 10.0. The quantitative estimate of drug-likeness (QED) is 0.736. The number of aromatic nitrogens is 1. The molecule has 0 saturated carbocycles. The van der Waals surface area contributed by atoms with E-state index in [0.29, 0.717) is 29.2 Å². The third kappa shape index (κ3) is 4.05. The number of nitrogens with one attached hydrogen (secondary N) is 2. The summed E-state index contributed by atoms with van der Waals surface area (Å²) in [5, 5.41) is 15.2. The van der Waals surface area contributed by atoms with Crippen LogP contribution in [0.1, 0.15) is 27.2 Å².